The molecule has 0 aliphatic rings. The van der Waals surface area contributed by atoms with Crippen LogP contribution in [0.5, 0.6) is 0 Å². The van der Waals surface area contributed by atoms with Crippen molar-refractivity contribution in [2.24, 2.45) is 0 Å². The third kappa shape index (κ3) is 3.73. The average Bonchev–Trinajstić information content (AvgIpc) is 2.31. The Morgan fingerprint density at radius 2 is 2.16 bits per heavy atom. The molecule has 2 N–H and O–H groups in total. The fraction of sp³-hybridized carbons (Fsp3) is 0.200. The molecule has 0 spiro atoms. The summed E-state index contributed by atoms with van der Waals surface area (Å²) in [5, 5.41) is 17.1. The Balaban J connectivity index is 3.27. The third-order valence-electron chi connectivity index (χ3n) is 2.05. The summed E-state index contributed by atoms with van der Waals surface area (Å²) in [6.07, 6.45) is -0.0827. The van der Waals surface area contributed by atoms with E-state index in [-0.39, 0.29) is 17.4 Å². The maximum Gasteiger partial charge on any atom is 0.338 e. The Bertz CT molecular complexity index is 654. The van der Waals surface area contributed by atoms with Crippen LogP contribution in [0.1, 0.15) is 16.8 Å². The second kappa shape index (κ2) is 6.10. The van der Waals surface area contributed by atoms with E-state index in [0.717, 1.165) is 12.1 Å². The topological polar surface area (TPSA) is 107 Å². The lowest BCUT2D eigenvalue weighted by Crippen LogP contribution is -2.26. The van der Waals surface area contributed by atoms with E-state index in [4.69, 9.17) is 10.4 Å². The molecule has 0 unspecified atom stereocenters. The van der Waals surface area contributed by atoms with Gasteiger partial charge in [-0.25, -0.2) is 22.3 Å². The van der Waals surface area contributed by atoms with E-state index in [1.165, 1.54) is 0 Å². The Hall–Kier alpha value is -1.50. The number of nitriles is 1. The standard InChI is InChI=1S/C10H8BrFN2O4S/c11-6-4-7(10(15)16)9(12)8(5-6)19(17,18)14-3-1-2-13/h4-5,14H,1,3H2,(H,15,16). The molecule has 1 aromatic rings. The molecule has 0 heterocycles. The van der Waals surface area contributed by atoms with Crippen molar-refractivity contribution in [1.29, 1.82) is 5.26 Å². The molecule has 0 radical (unpaired) electrons. The molecule has 0 saturated carbocycles. The number of carboxylic acid groups (broad SMARTS) is 1. The highest BCUT2D eigenvalue weighted by Crippen LogP contribution is 2.24. The lowest BCUT2D eigenvalue weighted by Gasteiger charge is -2.08. The molecule has 0 bridgehead atoms. The summed E-state index contributed by atoms with van der Waals surface area (Å²) in [7, 11) is -4.21. The second-order valence-electron chi connectivity index (χ2n) is 3.38. The number of benzene rings is 1. The zero-order chi connectivity index (χ0) is 14.6. The third-order valence-corrected chi connectivity index (χ3v) is 3.97. The van der Waals surface area contributed by atoms with Gasteiger partial charge >= 0.3 is 5.97 Å². The molecule has 1 aromatic carbocycles. The zero-order valence-electron chi connectivity index (χ0n) is 9.35. The van der Waals surface area contributed by atoms with Crippen molar-refractivity contribution < 1.29 is 22.7 Å². The number of nitrogens with zero attached hydrogens (tertiary/aromatic N) is 1. The first-order valence-corrected chi connectivity index (χ1v) is 7.16. The van der Waals surface area contributed by atoms with E-state index in [1.807, 2.05) is 4.72 Å². The molecule has 0 fully saturated rings. The molecule has 6 nitrogen and oxygen atoms in total. The Kier molecular flexibility index (Phi) is 4.99. The number of carbonyl (C=O) groups is 1. The maximum absolute atomic E-state index is 13.8. The lowest BCUT2D eigenvalue weighted by molar-refractivity contribution is 0.0691. The van der Waals surface area contributed by atoms with Crippen molar-refractivity contribution in [3.63, 3.8) is 0 Å². The van der Waals surface area contributed by atoms with E-state index in [2.05, 4.69) is 15.9 Å². The number of sulfonamides is 1. The van der Waals surface area contributed by atoms with Crippen molar-refractivity contribution in [3.8, 4) is 6.07 Å². The van der Waals surface area contributed by atoms with Crippen molar-refractivity contribution in [2.75, 3.05) is 6.54 Å². The summed E-state index contributed by atoms with van der Waals surface area (Å²) in [6.45, 7) is -0.187. The summed E-state index contributed by atoms with van der Waals surface area (Å²) in [6, 6.07) is 3.64. The van der Waals surface area contributed by atoms with E-state index in [1.54, 1.807) is 6.07 Å². The molecular weight excluding hydrogens is 343 g/mol. The smallest absolute Gasteiger partial charge is 0.338 e. The van der Waals surface area contributed by atoms with Crippen molar-refractivity contribution >= 4 is 31.9 Å². The Labute approximate surface area is 117 Å². The first-order chi connectivity index (χ1) is 8.79. The van der Waals surface area contributed by atoms with Crippen LogP contribution in [0.4, 0.5) is 4.39 Å². The van der Waals surface area contributed by atoms with Crippen LogP contribution in [-0.4, -0.2) is 26.0 Å². The summed E-state index contributed by atoms with van der Waals surface area (Å²) in [4.78, 5) is 10.0. The molecule has 0 saturated heterocycles. The van der Waals surface area contributed by atoms with Gasteiger partial charge in [0.25, 0.3) is 0 Å². The van der Waals surface area contributed by atoms with Gasteiger partial charge < -0.3 is 5.11 Å². The van der Waals surface area contributed by atoms with Crippen LogP contribution < -0.4 is 4.72 Å². The van der Waals surface area contributed by atoms with E-state index < -0.39 is 32.3 Å². The van der Waals surface area contributed by atoms with E-state index in [9.17, 15) is 17.6 Å². The number of hydrogen-bond donors (Lipinski definition) is 2. The SMILES string of the molecule is N#CCCNS(=O)(=O)c1cc(Br)cc(C(=O)O)c1F. The molecule has 1 rings (SSSR count). The molecule has 0 aliphatic heterocycles. The van der Waals surface area contributed by atoms with Gasteiger partial charge in [0.15, 0.2) is 5.82 Å². The zero-order valence-corrected chi connectivity index (χ0v) is 11.8. The van der Waals surface area contributed by atoms with Crippen LogP contribution in [0, 0.1) is 17.1 Å². The number of aromatic carboxylic acids is 1. The molecule has 0 aromatic heterocycles. The summed E-state index contributed by atoms with van der Waals surface area (Å²) >= 11 is 2.92. The van der Waals surface area contributed by atoms with Crippen molar-refractivity contribution in [1.82, 2.24) is 4.72 Å². The molecule has 9 heteroatoms. The molecule has 102 valence electrons. The average molecular weight is 351 g/mol. The van der Waals surface area contributed by atoms with Crippen molar-refractivity contribution in [3.05, 3.63) is 28.0 Å². The molecule has 0 atom stereocenters. The van der Waals surface area contributed by atoms with Gasteiger partial charge in [-0.2, -0.15) is 5.26 Å². The van der Waals surface area contributed by atoms with Crippen LogP contribution in [0.2, 0.25) is 0 Å². The fourth-order valence-corrected chi connectivity index (χ4v) is 3.00. The minimum absolute atomic E-state index is 0.0827. The largest absolute Gasteiger partial charge is 0.478 e. The predicted molar refractivity (Wildman–Crippen MR) is 66.5 cm³/mol. The second-order valence-corrected chi connectivity index (χ2v) is 6.03. The van der Waals surface area contributed by atoms with Crippen LogP contribution in [0.25, 0.3) is 0 Å². The maximum atomic E-state index is 13.8. The normalized spacial score (nSPS) is 11.0. The van der Waals surface area contributed by atoms with Gasteiger partial charge in [0.1, 0.15) is 4.90 Å². The fourth-order valence-electron chi connectivity index (χ4n) is 1.23. The van der Waals surface area contributed by atoms with Crippen molar-refractivity contribution in [2.45, 2.75) is 11.3 Å². The number of rotatable bonds is 5. The quantitative estimate of drug-likeness (QED) is 0.782. The van der Waals surface area contributed by atoms with Crippen LogP contribution in [0.15, 0.2) is 21.5 Å². The minimum Gasteiger partial charge on any atom is -0.478 e. The van der Waals surface area contributed by atoms with E-state index >= 15 is 0 Å². The molecule has 0 aliphatic carbocycles. The van der Waals surface area contributed by atoms with Gasteiger partial charge in [-0.15, -0.1) is 0 Å². The molecular formula is C10H8BrFN2O4S. The molecule has 19 heavy (non-hydrogen) atoms. The van der Waals surface area contributed by atoms with Gasteiger partial charge in [-0.3, -0.25) is 0 Å². The van der Waals surface area contributed by atoms with Crippen LogP contribution in [0.3, 0.4) is 0 Å². The summed E-state index contributed by atoms with van der Waals surface area (Å²) in [5.41, 5.74) is -0.755. The van der Waals surface area contributed by atoms with Gasteiger partial charge in [-0.1, -0.05) is 15.9 Å². The first kappa shape index (κ1) is 15.6. The minimum atomic E-state index is -4.21. The Morgan fingerprint density at radius 3 is 2.68 bits per heavy atom. The van der Waals surface area contributed by atoms with E-state index in [0.29, 0.717) is 0 Å². The molecule has 0 amide bonds. The van der Waals surface area contributed by atoms with Gasteiger partial charge in [0.05, 0.1) is 11.6 Å². The summed E-state index contributed by atoms with van der Waals surface area (Å²) in [5.74, 6) is -2.92. The highest BCUT2D eigenvalue weighted by molar-refractivity contribution is 9.10. The van der Waals surface area contributed by atoms with Gasteiger partial charge in [0, 0.05) is 17.4 Å². The monoisotopic (exact) mass is 350 g/mol. The first-order valence-electron chi connectivity index (χ1n) is 4.88. The number of hydrogen-bond acceptors (Lipinski definition) is 4. The Morgan fingerprint density at radius 1 is 1.53 bits per heavy atom. The highest BCUT2D eigenvalue weighted by Gasteiger charge is 2.24. The van der Waals surface area contributed by atoms with Crippen LogP contribution in [-0.2, 0) is 10.0 Å². The number of carboxylic acids is 1. The van der Waals surface area contributed by atoms with Gasteiger partial charge in [-0.05, 0) is 12.1 Å². The highest BCUT2D eigenvalue weighted by atomic mass is 79.9. The number of nitrogens with one attached hydrogen (secondary N) is 1. The van der Waals surface area contributed by atoms with Crippen LogP contribution >= 0.6 is 15.9 Å². The summed E-state index contributed by atoms with van der Waals surface area (Å²) < 4.78 is 39.5. The number of halogens is 2. The predicted octanol–water partition coefficient (Wildman–Crippen LogP) is 1.48. The lowest BCUT2D eigenvalue weighted by atomic mass is 10.2. The van der Waals surface area contributed by atoms with Gasteiger partial charge in [0.2, 0.25) is 10.0 Å².